The number of nitriles is 1. The van der Waals surface area contributed by atoms with E-state index in [2.05, 4.69) is 0 Å². The molecule has 0 saturated carbocycles. The van der Waals surface area contributed by atoms with Crippen LogP contribution in [-0.2, 0) is 11.0 Å². The van der Waals surface area contributed by atoms with Crippen molar-refractivity contribution in [2.24, 2.45) is 0 Å². The van der Waals surface area contributed by atoms with Crippen molar-refractivity contribution in [1.82, 2.24) is 4.90 Å². The van der Waals surface area contributed by atoms with E-state index >= 15 is 0 Å². The van der Waals surface area contributed by atoms with Crippen LogP contribution in [0.1, 0.15) is 24.0 Å². The number of nitro groups is 1. The Bertz CT molecular complexity index is 1150. The Morgan fingerprint density at radius 1 is 1.15 bits per heavy atom. The van der Waals surface area contributed by atoms with Crippen LogP contribution in [0.15, 0.2) is 42.0 Å². The molecule has 0 atom stereocenters. The van der Waals surface area contributed by atoms with Gasteiger partial charge >= 0.3 is 11.9 Å². The van der Waals surface area contributed by atoms with Gasteiger partial charge in [-0.25, -0.2) is 0 Å². The number of rotatable bonds is 6. The average Bonchev–Trinajstić information content (AvgIpc) is 3.32. The summed E-state index contributed by atoms with van der Waals surface area (Å²) in [5.41, 5.74) is -1.67. The molecular weight excluding hydrogens is 443 g/mol. The molecule has 1 aliphatic heterocycles. The van der Waals surface area contributed by atoms with Crippen molar-refractivity contribution in [3.05, 3.63) is 63.2 Å². The van der Waals surface area contributed by atoms with Gasteiger partial charge in [-0.1, -0.05) is 6.07 Å². The SMILES string of the molecule is COc1cc(/C=C(\C#N)C(=O)N2CCCC2)ccc1Oc1ccc(C(F)(F)F)cc1[N+](=O)[O-]. The number of methoxy groups -OCH3 is 1. The van der Waals surface area contributed by atoms with E-state index in [1.54, 1.807) is 4.90 Å². The molecule has 2 aromatic carbocycles. The maximum atomic E-state index is 12.9. The molecule has 0 radical (unpaired) electrons. The van der Waals surface area contributed by atoms with Crippen LogP contribution >= 0.6 is 0 Å². The second kappa shape index (κ2) is 9.60. The standard InChI is InChI=1S/C22H18F3N3O5/c1-32-20-11-14(10-15(13-26)21(29)27-8-2-3-9-27)4-6-19(20)33-18-7-5-16(22(23,24)25)12-17(18)28(30)31/h4-7,10-12H,2-3,8-9H2,1H3/b15-10+. The molecule has 33 heavy (non-hydrogen) atoms. The quantitative estimate of drug-likeness (QED) is 0.261. The second-order valence-electron chi connectivity index (χ2n) is 7.12. The highest BCUT2D eigenvalue weighted by molar-refractivity contribution is 6.01. The lowest BCUT2D eigenvalue weighted by atomic mass is 10.1. The van der Waals surface area contributed by atoms with E-state index < -0.39 is 28.1 Å². The molecule has 8 nitrogen and oxygen atoms in total. The Hall–Kier alpha value is -4.07. The molecule has 0 aliphatic carbocycles. The van der Waals surface area contributed by atoms with Gasteiger partial charge in [-0.3, -0.25) is 14.9 Å². The fraction of sp³-hybridized carbons (Fsp3) is 0.273. The molecular formula is C22H18F3N3O5. The highest BCUT2D eigenvalue weighted by atomic mass is 19.4. The molecule has 1 heterocycles. The van der Waals surface area contributed by atoms with E-state index in [1.165, 1.54) is 31.4 Å². The number of nitro benzene ring substituents is 1. The number of alkyl halides is 3. The molecule has 0 unspecified atom stereocenters. The first kappa shape index (κ1) is 23.6. The molecule has 0 aromatic heterocycles. The molecule has 0 spiro atoms. The van der Waals surface area contributed by atoms with Crippen LogP contribution in [-0.4, -0.2) is 35.9 Å². The summed E-state index contributed by atoms with van der Waals surface area (Å²) in [4.78, 5) is 24.4. The zero-order chi connectivity index (χ0) is 24.2. The predicted molar refractivity (Wildman–Crippen MR) is 111 cm³/mol. The molecule has 3 rings (SSSR count). The zero-order valence-corrected chi connectivity index (χ0v) is 17.4. The van der Waals surface area contributed by atoms with E-state index in [4.69, 9.17) is 9.47 Å². The third kappa shape index (κ3) is 5.41. The van der Waals surface area contributed by atoms with Crippen molar-refractivity contribution < 1.29 is 32.4 Å². The number of carbonyl (C=O) groups excluding carboxylic acids is 1. The highest BCUT2D eigenvalue weighted by Gasteiger charge is 2.33. The molecule has 0 bridgehead atoms. The van der Waals surface area contributed by atoms with E-state index in [9.17, 15) is 33.3 Å². The Kier molecular flexibility index (Phi) is 6.86. The van der Waals surface area contributed by atoms with E-state index in [0.717, 1.165) is 18.9 Å². The summed E-state index contributed by atoms with van der Waals surface area (Å²) in [6.07, 6.45) is -1.62. The number of hydrogen-bond acceptors (Lipinski definition) is 6. The fourth-order valence-electron chi connectivity index (χ4n) is 3.30. The van der Waals surface area contributed by atoms with Crippen molar-refractivity contribution in [3.8, 4) is 23.3 Å². The van der Waals surface area contributed by atoms with E-state index in [1.807, 2.05) is 6.07 Å². The molecule has 1 saturated heterocycles. The van der Waals surface area contributed by atoms with Gasteiger partial charge < -0.3 is 14.4 Å². The van der Waals surface area contributed by atoms with Crippen LogP contribution < -0.4 is 9.47 Å². The topological polar surface area (TPSA) is 106 Å². The lowest BCUT2D eigenvalue weighted by Crippen LogP contribution is -2.28. The zero-order valence-electron chi connectivity index (χ0n) is 17.4. The summed E-state index contributed by atoms with van der Waals surface area (Å²) in [5.74, 6) is -0.683. The first-order valence-corrected chi connectivity index (χ1v) is 9.76. The van der Waals surface area contributed by atoms with Gasteiger partial charge in [0.15, 0.2) is 11.5 Å². The third-order valence-electron chi connectivity index (χ3n) is 4.95. The Morgan fingerprint density at radius 3 is 2.39 bits per heavy atom. The maximum Gasteiger partial charge on any atom is 0.416 e. The van der Waals surface area contributed by atoms with E-state index in [-0.39, 0.29) is 23.0 Å². The summed E-state index contributed by atoms with van der Waals surface area (Å²) < 4.78 is 49.4. The molecule has 172 valence electrons. The van der Waals surface area contributed by atoms with Crippen LogP contribution in [0.3, 0.4) is 0 Å². The third-order valence-corrected chi connectivity index (χ3v) is 4.95. The van der Waals surface area contributed by atoms with Gasteiger partial charge in [-0.15, -0.1) is 0 Å². The number of likely N-dealkylation sites (tertiary alicyclic amines) is 1. The van der Waals surface area contributed by atoms with Gasteiger partial charge in [0.1, 0.15) is 11.6 Å². The Balaban J connectivity index is 1.91. The summed E-state index contributed by atoms with van der Waals surface area (Å²) in [7, 11) is 1.30. The number of nitrogens with zero attached hydrogens (tertiary/aromatic N) is 3. The summed E-state index contributed by atoms with van der Waals surface area (Å²) in [6.45, 7) is 1.17. The molecule has 0 N–H and O–H groups in total. The number of amides is 1. The van der Waals surface area contributed by atoms with Crippen LogP contribution in [0, 0.1) is 21.4 Å². The lowest BCUT2D eigenvalue weighted by Gasteiger charge is -2.14. The number of benzene rings is 2. The Labute approximate surface area is 186 Å². The number of halogens is 3. The maximum absolute atomic E-state index is 12.9. The summed E-state index contributed by atoms with van der Waals surface area (Å²) >= 11 is 0. The highest BCUT2D eigenvalue weighted by Crippen LogP contribution is 2.40. The van der Waals surface area contributed by atoms with Gasteiger partial charge in [0.05, 0.1) is 17.6 Å². The number of carbonyl (C=O) groups is 1. The van der Waals surface area contributed by atoms with Crippen LogP contribution in [0.2, 0.25) is 0 Å². The first-order valence-electron chi connectivity index (χ1n) is 9.76. The molecule has 11 heteroatoms. The molecule has 2 aromatic rings. The van der Waals surface area contributed by atoms with E-state index in [0.29, 0.717) is 30.8 Å². The van der Waals surface area contributed by atoms with Crippen LogP contribution in [0.4, 0.5) is 18.9 Å². The molecule has 1 aliphatic rings. The van der Waals surface area contributed by atoms with Gasteiger partial charge in [0.2, 0.25) is 5.75 Å². The van der Waals surface area contributed by atoms with Crippen molar-refractivity contribution in [2.45, 2.75) is 19.0 Å². The monoisotopic (exact) mass is 461 g/mol. The average molecular weight is 461 g/mol. The fourth-order valence-corrected chi connectivity index (χ4v) is 3.30. The van der Waals surface area contributed by atoms with Crippen molar-refractivity contribution >= 4 is 17.7 Å². The summed E-state index contributed by atoms with van der Waals surface area (Å²) in [6, 6.07) is 8.12. The first-order chi connectivity index (χ1) is 15.6. The normalized spacial score (nSPS) is 14.0. The molecule has 1 fully saturated rings. The minimum absolute atomic E-state index is 0.00175. The largest absolute Gasteiger partial charge is 0.493 e. The number of ether oxygens (including phenoxy) is 2. The lowest BCUT2D eigenvalue weighted by molar-refractivity contribution is -0.385. The van der Waals surface area contributed by atoms with Crippen molar-refractivity contribution in [2.75, 3.05) is 20.2 Å². The van der Waals surface area contributed by atoms with Gasteiger partial charge in [0, 0.05) is 19.2 Å². The van der Waals surface area contributed by atoms with Crippen molar-refractivity contribution in [1.29, 1.82) is 5.26 Å². The van der Waals surface area contributed by atoms with Crippen LogP contribution in [0.5, 0.6) is 17.2 Å². The van der Waals surface area contributed by atoms with Crippen LogP contribution in [0.25, 0.3) is 6.08 Å². The minimum Gasteiger partial charge on any atom is -0.493 e. The van der Waals surface area contributed by atoms with Gasteiger partial charge in [-0.2, -0.15) is 18.4 Å². The minimum atomic E-state index is -4.75. The summed E-state index contributed by atoms with van der Waals surface area (Å²) in [5, 5.41) is 20.7. The predicted octanol–water partition coefficient (Wildman–Crippen LogP) is 4.94. The Morgan fingerprint density at radius 2 is 1.82 bits per heavy atom. The number of hydrogen-bond donors (Lipinski definition) is 0. The smallest absolute Gasteiger partial charge is 0.416 e. The van der Waals surface area contributed by atoms with Gasteiger partial charge in [0.25, 0.3) is 5.91 Å². The molecule has 1 amide bonds. The second-order valence-corrected chi connectivity index (χ2v) is 7.12. The van der Waals surface area contributed by atoms with Crippen molar-refractivity contribution in [3.63, 3.8) is 0 Å². The van der Waals surface area contributed by atoms with Gasteiger partial charge in [-0.05, 0) is 48.7 Å².